The van der Waals surface area contributed by atoms with Crippen LogP contribution >= 0.6 is 0 Å². The van der Waals surface area contributed by atoms with E-state index in [-0.39, 0.29) is 6.04 Å². The van der Waals surface area contributed by atoms with Gasteiger partial charge in [-0.05, 0) is 54.9 Å². The zero-order chi connectivity index (χ0) is 18.4. The van der Waals surface area contributed by atoms with Gasteiger partial charge in [-0.15, -0.1) is 0 Å². The van der Waals surface area contributed by atoms with Gasteiger partial charge in [0.1, 0.15) is 0 Å². The minimum Gasteiger partial charge on any atom is -0.296 e. The summed E-state index contributed by atoms with van der Waals surface area (Å²) in [4.78, 5) is 3.03. The zero-order valence-electron chi connectivity index (χ0n) is 15.5. The van der Waals surface area contributed by atoms with E-state index in [9.17, 15) is 8.42 Å². The first-order valence-corrected chi connectivity index (χ1v) is 11.5. The molecule has 0 bridgehead atoms. The lowest BCUT2D eigenvalue weighted by Gasteiger charge is -2.51. The first kappa shape index (κ1) is 17.4. The van der Waals surface area contributed by atoms with E-state index in [1.807, 2.05) is 22.5 Å². The molecule has 3 heterocycles. The fraction of sp³-hybridized carbons (Fsp3) is 0.455. The van der Waals surface area contributed by atoms with Crippen molar-refractivity contribution in [1.82, 2.24) is 9.21 Å². The van der Waals surface area contributed by atoms with Gasteiger partial charge in [-0.25, -0.2) is 8.42 Å². The van der Waals surface area contributed by atoms with Gasteiger partial charge < -0.3 is 0 Å². The highest BCUT2D eigenvalue weighted by Crippen LogP contribution is 2.44. The van der Waals surface area contributed by atoms with E-state index in [0.29, 0.717) is 23.4 Å². The van der Waals surface area contributed by atoms with Crippen molar-refractivity contribution in [3.05, 3.63) is 65.7 Å². The number of rotatable bonds is 2. The lowest BCUT2D eigenvalue weighted by atomic mass is 9.77. The predicted molar refractivity (Wildman–Crippen MR) is 106 cm³/mol. The van der Waals surface area contributed by atoms with Gasteiger partial charge in [-0.1, -0.05) is 42.5 Å². The van der Waals surface area contributed by atoms with Gasteiger partial charge in [-0.3, -0.25) is 4.90 Å². The van der Waals surface area contributed by atoms with Crippen molar-refractivity contribution in [2.45, 2.75) is 42.7 Å². The molecule has 0 amide bonds. The molecule has 5 rings (SSSR count). The van der Waals surface area contributed by atoms with E-state index in [0.717, 1.165) is 38.8 Å². The lowest BCUT2D eigenvalue weighted by molar-refractivity contribution is 0.0220. The highest BCUT2D eigenvalue weighted by Gasteiger charge is 2.46. The summed E-state index contributed by atoms with van der Waals surface area (Å²) in [7, 11) is -3.43. The molecule has 0 aliphatic carbocycles. The minimum atomic E-state index is -3.43. The number of hydrogen-bond acceptors (Lipinski definition) is 3. The quantitative estimate of drug-likeness (QED) is 0.799. The molecule has 0 spiro atoms. The van der Waals surface area contributed by atoms with Gasteiger partial charge in [0.15, 0.2) is 0 Å². The number of piperidine rings is 2. The van der Waals surface area contributed by atoms with Crippen LogP contribution in [-0.4, -0.2) is 43.3 Å². The highest BCUT2D eigenvalue weighted by atomic mass is 32.2. The number of hydrogen-bond donors (Lipinski definition) is 0. The molecule has 4 nitrogen and oxygen atoms in total. The molecule has 0 aromatic heterocycles. The lowest BCUT2D eigenvalue weighted by Crippen LogP contribution is -2.57. The van der Waals surface area contributed by atoms with Gasteiger partial charge >= 0.3 is 0 Å². The average molecular weight is 383 g/mol. The molecule has 2 aromatic rings. The van der Waals surface area contributed by atoms with Crippen LogP contribution in [0.15, 0.2) is 59.5 Å². The van der Waals surface area contributed by atoms with E-state index in [1.54, 1.807) is 12.1 Å². The molecule has 142 valence electrons. The molecule has 27 heavy (non-hydrogen) atoms. The average Bonchev–Trinajstić information content (AvgIpc) is 2.72. The smallest absolute Gasteiger partial charge is 0.243 e. The third-order valence-corrected chi connectivity index (χ3v) is 8.61. The second kappa shape index (κ2) is 6.73. The van der Waals surface area contributed by atoms with Gasteiger partial charge in [-0.2, -0.15) is 4.31 Å². The van der Waals surface area contributed by atoms with Crippen LogP contribution in [0, 0.1) is 5.92 Å². The van der Waals surface area contributed by atoms with Gasteiger partial charge in [0.05, 0.1) is 4.90 Å². The maximum absolute atomic E-state index is 13.4. The maximum atomic E-state index is 13.4. The predicted octanol–water partition coefficient (Wildman–Crippen LogP) is 3.46. The topological polar surface area (TPSA) is 40.6 Å². The number of sulfonamides is 1. The van der Waals surface area contributed by atoms with Crippen molar-refractivity contribution >= 4 is 10.0 Å². The molecule has 5 heteroatoms. The van der Waals surface area contributed by atoms with Crippen molar-refractivity contribution in [1.29, 1.82) is 0 Å². The molecule has 3 aliphatic rings. The molecule has 0 unspecified atom stereocenters. The first-order chi connectivity index (χ1) is 13.1. The SMILES string of the molecule is O=S(=O)(c1ccccc1)N1CCC[C@@H]2CN3CCc4ccccc4[C@@H]3C[C@@H]21. The van der Waals surface area contributed by atoms with E-state index in [4.69, 9.17) is 0 Å². The molecule has 0 radical (unpaired) electrons. The summed E-state index contributed by atoms with van der Waals surface area (Å²) in [6.07, 6.45) is 4.11. The Bertz CT molecular complexity index is 928. The van der Waals surface area contributed by atoms with Crippen molar-refractivity contribution in [3.63, 3.8) is 0 Å². The summed E-state index contributed by atoms with van der Waals surface area (Å²) in [6.45, 7) is 2.76. The molecule has 2 saturated heterocycles. The standard InChI is InChI=1S/C22H26N2O2S/c25-27(26,19-9-2-1-3-10-19)24-13-6-8-18-16-23-14-12-17-7-4-5-11-20(17)22(23)15-21(18)24/h1-5,7,9-11,18,21-22H,6,8,12-16H2/t18-,21+,22+/m1/s1. The molecule has 2 aromatic carbocycles. The molecular weight excluding hydrogens is 356 g/mol. The monoisotopic (exact) mass is 382 g/mol. The molecule has 0 saturated carbocycles. The van der Waals surface area contributed by atoms with Gasteiger partial charge in [0.2, 0.25) is 10.0 Å². The number of fused-ring (bicyclic) bond motifs is 4. The summed E-state index contributed by atoms with van der Waals surface area (Å²) in [6, 6.07) is 18.1. The Morgan fingerprint density at radius 2 is 1.70 bits per heavy atom. The Labute approximate surface area is 161 Å². The van der Waals surface area contributed by atoms with Crippen molar-refractivity contribution < 1.29 is 8.42 Å². The van der Waals surface area contributed by atoms with Crippen molar-refractivity contribution in [2.75, 3.05) is 19.6 Å². The maximum Gasteiger partial charge on any atom is 0.243 e. The first-order valence-electron chi connectivity index (χ1n) is 10.0. The van der Waals surface area contributed by atoms with Crippen LogP contribution in [0.3, 0.4) is 0 Å². The van der Waals surface area contributed by atoms with Crippen LogP contribution in [0.25, 0.3) is 0 Å². The second-order valence-electron chi connectivity index (χ2n) is 8.09. The largest absolute Gasteiger partial charge is 0.296 e. The molecule has 0 N–H and O–H groups in total. The van der Waals surface area contributed by atoms with Gasteiger partial charge in [0.25, 0.3) is 0 Å². The van der Waals surface area contributed by atoms with Crippen LogP contribution < -0.4 is 0 Å². The summed E-state index contributed by atoms with van der Waals surface area (Å²) >= 11 is 0. The van der Waals surface area contributed by atoms with Crippen molar-refractivity contribution in [2.24, 2.45) is 5.92 Å². The van der Waals surface area contributed by atoms with E-state index >= 15 is 0 Å². The van der Waals surface area contributed by atoms with Gasteiger partial charge in [0, 0.05) is 31.7 Å². The van der Waals surface area contributed by atoms with E-state index in [1.165, 1.54) is 11.1 Å². The van der Waals surface area contributed by atoms with Crippen LogP contribution in [-0.2, 0) is 16.4 Å². The third-order valence-electron chi connectivity index (χ3n) is 6.67. The number of benzene rings is 2. The highest BCUT2D eigenvalue weighted by molar-refractivity contribution is 7.89. The molecule has 3 aliphatic heterocycles. The second-order valence-corrected chi connectivity index (χ2v) is 9.98. The summed E-state index contributed by atoms with van der Waals surface area (Å²) < 4.78 is 28.5. The number of nitrogens with zero attached hydrogens (tertiary/aromatic N) is 2. The fourth-order valence-electron chi connectivity index (χ4n) is 5.38. The van der Waals surface area contributed by atoms with Crippen LogP contribution in [0.2, 0.25) is 0 Å². The zero-order valence-corrected chi connectivity index (χ0v) is 16.3. The molecule has 3 atom stereocenters. The minimum absolute atomic E-state index is 0.108. The van der Waals surface area contributed by atoms with Crippen LogP contribution in [0.5, 0.6) is 0 Å². The third kappa shape index (κ3) is 2.93. The Balaban J connectivity index is 1.49. The Kier molecular flexibility index (Phi) is 4.34. The summed E-state index contributed by atoms with van der Waals surface area (Å²) in [5.74, 6) is 0.443. The normalized spacial score (nSPS) is 28.8. The van der Waals surface area contributed by atoms with Crippen LogP contribution in [0.1, 0.15) is 36.4 Å². The molecule has 2 fully saturated rings. The Hall–Kier alpha value is -1.69. The summed E-state index contributed by atoms with van der Waals surface area (Å²) in [5, 5.41) is 0. The fourth-order valence-corrected chi connectivity index (χ4v) is 7.14. The Morgan fingerprint density at radius 3 is 2.56 bits per heavy atom. The van der Waals surface area contributed by atoms with Crippen molar-refractivity contribution in [3.8, 4) is 0 Å². The molecular formula is C22H26N2O2S. The van der Waals surface area contributed by atoms with E-state index in [2.05, 4.69) is 29.2 Å². The van der Waals surface area contributed by atoms with Crippen LogP contribution in [0.4, 0.5) is 0 Å². The summed E-state index contributed by atoms with van der Waals surface area (Å²) in [5.41, 5.74) is 2.84. The Morgan fingerprint density at radius 1 is 0.926 bits per heavy atom. The van der Waals surface area contributed by atoms with E-state index < -0.39 is 10.0 Å².